The van der Waals surface area contributed by atoms with Gasteiger partial charge in [0.2, 0.25) is 11.8 Å². The molecule has 0 saturated carbocycles. The van der Waals surface area contributed by atoms with E-state index in [1.54, 1.807) is 19.4 Å². The highest BCUT2D eigenvalue weighted by atomic mass is 16.5. The van der Waals surface area contributed by atoms with Gasteiger partial charge in [-0.3, -0.25) is 4.99 Å². The summed E-state index contributed by atoms with van der Waals surface area (Å²) in [6.45, 7) is 8.18. The molecule has 0 radical (unpaired) electrons. The normalized spacial score (nSPS) is 11.8. The number of aromatic nitrogens is 2. The molecule has 0 unspecified atom stereocenters. The predicted molar refractivity (Wildman–Crippen MR) is 124 cm³/mol. The molecule has 1 aromatic carbocycles. The van der Waals surface area contributed by atoms with Crippen LogP contribution in [0.5, 0.6) is 11.6 Å². The number of benzene rings is 1. The highest BCUT2D eigenvalue weighted by molar-refractivity contribution is 5.79. The fourth-order valence-corrected chi connectivity index (χ4v) is 2.73. The molecular weight excluding hydrogens is 406 g/mol. The molecule has 2 aromatic heterocycles. The highest BCUT2D eigenvalue weighted by Gasteiger charge is 2.19. The number of nitrogens with one attached hydrogen (secondary N) is 2. The summed E-state index contributed by atoms with van der Waals surface area (Å²) in [6, 6.07) is 13.5. The lowest BCUT2D eigenvalue weighted by atomic mass is 9.94. The number of nitrogens with zero attached hydrogens (tertiary/aromatic N) is 3. The van der Waals surface area contributed by atoms with Crippen LogP contribution in [0.4, 0.5) is 0 Å². The van der Waals surface area contributed by atoms with Gasteiger partial charge in [-0.2, -0.15) is 0 Å². The Balaban J connectivity index is 1.38. The van der Waals surface area contributed by atoms with Crippen molar-refractivity contribution >= 4 is 5.96 Å². The number of hydrogen-bond donors (Lipinski definition) is 2. The summed E-state index contributed by atoms with van der Waals surface area (Å²) in [6.07, 6.45) is 3.55. The van der Waals surface area contributed by atoms with E-state index in [1.165, 1.54) is 0 Å². The molecule has 0 spiro atoms. The molecule has 3 rings (SSSR count). The fourth-order valence-electron chi connectivity index (χ4n) is 2.73. The Morgan fingerprint density at radius 2 is 1.69 bits per heavy atom. The standard InChI is InChI=1S/C24H31N5O3/c1-24(2,3)20-16-27-22(32-20)17-29-23(25-4)28-15-18-10-11-21(26-14-18)31-13-12-30-19-8-6-5-7-9-19/h5-11,14,16H,12-13,15,17H2,1-4H3,(H2,25,28,29). The van der Waals surface area contributed by atoms with Gasteiger partial charge in [0.05, 0.1) is 12.7 Å². The Labute approximate surface area is 189 Å². The van der Waals surface area contributed by atoms with E-state index in [2.05, 4.69) is 46.4 Å². The molecule has 0 fully saturated rings. The van der Waals surface area contributed by atoms with Crippen molar-refractivity contribution < 1.29 is 13.9 Å². The molecular formula is C24H31N5O3. The smallest absolute Gasteiger partial charge is 0.213 e. The summed E-state index contributed by atoms with van der Waals surface area (Å²) in [4.78, 5) is 12.9. The molecule has 0 saturated heterocycles. The first-order chi connectivity index (χ1) is 15.4. The van der Waals surface area contributed by atoms with Crippen LogP contribution in [0.1, 0.15) is 38.0 Å². The van der Waals surface area contributed by atoms with E-state index < -0.39 is 0 Å². The second-order valence-corrected chi connectivity index (χ2v) is 8.16. The second-order valence-electron chi connectivity index (χ2n) is 8.16. The molecule has 0 aliphatic carbocycles. The SMILES string of the molecule is CN=C(NCc1ccc(OCCOc2ccccc2)nc1)NCc1ncc(C(C)(C)C)o1. The van der Waals surface area contributed by atoms with Gasteiger partial charge in [0.1, 0.15) is 24.7 Å². The number of ether oxygens (including phenoxy) is 2. The lowest BCUT2D eigenvalue weighted by Gasteiger charge is -2.13. The van der Waals surface area contributed by atoms with Gasteiger partial charge in [-0.1, -0.05) is 45.0 Å². The van der Waals surface area contributed by atoms with Crippen LogP contribution in [0.3, 0.4) is 0 Å². The number of aliphatic imine (C=N–C) groups is 1. The van der Waals surface area contributed by atoms with Crippen molar-refractivity contribution in [2.24, 2.45) is 4.99 Å². The summed E-state index contributed by atoms with van der Waals surface area (Å²) in [5.41, 5.74) is 0.940. The second kappa shape index (κ2) is 11.2. The number of guanidine groups is 1. The molecule has 8 nitrogen and oxygen atoms in total. The van der Waals surface area contributed by atoms with Crippen LogP contribution >= 0.6 is 0 Å². The summed E-state index contributed by atoms with van der Waals surface area (Å²) in [5.74, 6) is 3.52. The van der Waals surface area contributed by atoms with Crippen LogP contribution in [-0.2, 0) is 18.5 Å². The Morgan fingerprint density at radius 1 is 0.938 bits per heavy atom. The zero-order valence-corrected chi connectivity index (χ0v) is 19.1. The van der Waals surface area contributed by atoms with E-state index >= 15 is 0 Å². The third kappa shape index (κ3) is 7.30. The molecule has 0 atom stereocenters. The van der Waals surface area contributed by atoms with Crippen molar-refractivity contribution in [2.75, 3.05) is 20.3 Å². The molecule has 3 aromatic rings. The number of pyridine rings is 1. The molecule has 0 bridgehead atoms. The number of oxazole rings is 1. The zero-order chi connectivity index (χ0) is 22.8. The first-order valence-electron chi connectivity index (χ1n) is 10.6. The predicted octanol–water partition coefficient (Wildman–Crippen LogP) is 3.69. The molecule has 2 heterocycles. The van der Waals surface area contributed by atoms with Gasteiger partial charge in [-0.15, -0.1) is 0 Å². The van der Waals surface area contributed by atoms with Crippen molar-refractivity contribution in [3.8, 4) is 11.6 Å². The average molecular weight is 438 g/mol. The van der Waals surface area contributed by atoms with Crippen molar-refractivity contribution in [1.82, 2.24) is 20.6 Å². The van der Waals surface area contributed by atoms with Crippen LogP contribution in [0.15, 0.2) is 64.3 Å². The van der Waals surface area contributed by atoms with Gasteiger partial charge in [0.15, 0.2) is 5.96 Å². The Morgan fingerprint density at radius 3 is 2.34 bits per heavy atom. The molecule has 170 valence electrons. The quantitative estimate of drug-likeness (QED) is 0.300. The van der Waals surface area contributed by atoms with Gasteiger partial charge in [-0.25, -0.2) is 9.97 Å². The van der Waals surface area contributed by atoms with E-state index in [0.717, 1.165) is 17.1 Å². The van der Waals surface area contributed by atoms with Crippen molar-refractivity contribution in [2.45, 2.75) is 39.3 Å². The number of rotatable bonds is 9. The first-order valence-corrected chi connectivity index (χ1v) is 10.6. The minimum absolute atomic E-state index is 0.0665. The van der Waals surface area contributed by atoms with Crippen LogP contribution in [0.25, 0.3) is 0 Å². The Bertz CT molecular complexity index is 979. The fraction of sp³-hybridized carbons (Fsp3) is 0.375. The minimum Gasteiger partial charge on any atom is -0.490 e. The Hall–Kier alpha value is -3.55. The highest BCUT2D eigenvalue weighted by Crippen LogP contribution is 2.22. The van der Waals surface area contributed by atoms with Gasteiger partial charge >= 0.3 is 0 Å². The third-order valence-corrected chi connectivity index (χ3v) is 4.53. The van der Waals surface area contributed by atoms with E-state index in [-0.39, 0.29) is 5.41 Å². The summed E-state index contributed by atoms with van der Waals surface area (Å²) < 4.78 is 17.0. The topological polar surface area (TPSA) is 93.8 Å². The number of para-hydroxylation sites is 1. The van der Waals surface area contributed by atoms with E-state index in [0.29, 0.717) is 44.0 Å². The molecule has 0 aliphatic heterocycles. The molecule has 2 N–H and O–H groups in total. The Kier molecular flexibility index (Phi) is 8.08. The summed E-state index contributed by atoms with van der Waals surface area (Å²) in [5, 5.41) is 6.46. The van der Waals surface area contributed by atoms with Crippen LogP contribution < -0.4 is 20.1 Å². The van der Waals surface area contributed by atoms with Crippen molar-refractivity contribution in [3.63, 3.8) is 0 Å². The van der Waals surface area contributed by atoms with Crippen molar-refractivity contribution in [3.05, 3.63) is 72.1 Å². The van der Waals surface area contributed by atoms with E-state index in [4.69, 9.17) is 13.9 Å². The molecule has 32 heavy (non-hydrogen) atoms. The van der Waals surface area contributed by atoms with Gasteiger partial charge < -0.3 is 24.5 Å². The van der Waals surface area contributed by atoms with E-state index in [1.807, 2.05) is 42.5 Å². The van der Waals surface area contributed by atoms with Gasteiger partial charge in [-0.05, 0) is 17.7 Å². The minimum atomic E-state index is -0.0665. The summed E-state index contributed by atoms with van der Waals surface area (Å²) in [7, 11) is 1.72. The van der Waals surface area contributed by atoms with E-state index in [9.17, 15) is 0 Å². The van der Waals surface area contributed by atoms with Crippen LogP contribution in [0, 0.1) is 0 Å². The van der Waals surface area contributed by atoms with Gasteiger partial charge in [0, 0.05) is 31.3 Å². The summed E-state index contributed by atoms with van der Waals surface area (Å²) >= 11 is 0. The maximum Gasteiger partial charge on any atom is 0.213 e. The monoisotopic (exact) mass is 437 g/mol. The van der Waals surface area contributed by atoms with Crippen LogP contribution in [-0.4, -0.2) is 36.2 Å². The first kappa shape index (κ1) is 23.1. The zero-order valence-electron chi connectivity index (χ0n) is 19.1. The largest absolute Gasteiger partial charge is 0.490 e. The maximum atomic E-state index is 5.80. The number of hydrogen-bond acceptors (Lipinski definition) is 6. The molecule has 0 amide bonds. The third-order valence-electron chi connectivity index (χ3n) is 4.53. The molecule has 8 heteroatoms. The molecule has 0 aliphatic rings. The van der Waals surface area contributed by atoms with Crippen molar-refractivity contribution in [1.29, 1.82) is 0 Å². The maximum absolute atomic E-state index is 5.80. The van der Waals surface area contributed by atoms with Crippen LogP contribution in [0.2, 0.25) is 0 Å². The lowest BCUT2D eigenvalue weighted by Crippen LogP contribution is -2.36. The lowest BCUT2D eigenvalue weighted by molar-refractivity contribution is 0.212. The van der Waals surface area contributed by atoms with Gasteiger partial charge in [0.25, 0.3) is 0 Å². The average Bonchev–Trinajstić information content (AvgIpc) is 3.28.